The van der Waals surface area contributed by atoms with Gasteiger partial charge in [-0.3, -0.25) is 4.79 Å². The first kappa shape index (κ1) is 17.4. The minimum Gasteiger partial charge on any atom is -0.466 e. The van der Waals surface area contributed by atoms with Crippen LogP contribution in [0.4, 0.5) is 5.95 Å². The van der Waals surface area contributed by atoms with Crippen LogP contribution >= 0.6 is 0 Å². The van der Waals surface area contributed by atoms with E-state index in [1.807, 2.05) is 38.1 Å². The van der Waals surface area contributed by atoms with Crippen LogP contribution in [0.5, 0.6) is 0 Å². The van der Waals surface area contributed by atoms with Crippen LogP contribution in [-0.4, -0.2) is 45.9 Å². The number of ether oxygens (including phenoxy) is 1. The van der Waals surface area contributed by atoms with Gasteiger partial charge in [-0.25, -0.2) is 0 Å². The van der Waals surface area contributed by atoms with Crippen LogP contribution < -0.4 is 4.90 Å². The number of carbonyl (C=O) groups is 1. The van der Waals surface area contributed by atoms with Crippen LogP contribution in [0.15, 0.2) is 24.3 Å². The van der Waals surface area contributed by atoms with E-state index in [0.717, 1.165) is 18.7 Å². The fourth-order valence-corrected chi connectivity index (χ4v) is 3.38. The second-order valence-corrected chi connectivity index (χ2v) is 6.93. The van der Waals surface area contributed by atoms with Gasteiger partial charge in [-0.2, -0.15) is 4.68 Å². The van der Waals surface area contributed by atoms with Crippen molar-refractivity contribution < 1.29 is 9.53 Å². The van der Waals surface area contributed by atoms with Gasteiger partial charge in [0.25, 0.3) is 0 Å². The molecule has 0 radical (unpaired) electrons. The lowest BCUT2D eigenvalue weighted by atomic mass is 9.76. The molecular formula is C18H25N5O2. The molecule has 0 saturated carbocycles. The molecule has 1 aromatic heterocycles. The molecule has 2 heterocycles. The van der Waals surface area contributed by atoms with Crippen molar-refractivity contribution in [3.05, 3.63) is 29.8 Å². The topological polar surface area (TPSA) is 73.1 Å². The molecular weight excluding hydrogens is 318 g/mol. The molecule has 1 saturated heterocycles. The van der Waals surface area contributed by atoms with Crippen molar-refractivity contribution in [1.82, 2.24) is 20.2 Å². The molecule has 1 aliphatic heterocycles. The predicted molar refractivity (Wildman–Crippen MR) is 94.6 cm³/mol. The van der Waals surface area contributed by atoms with Gasteiger partial charge in [0.15, 0.2) is 0 Å². The molecule has 2 aromatic rings. The van der Waals surface area contributed by atoms with E-state index < -0.39 is 5.41 Å². The van der Waals surface area contributed by atoms with E-state index in [2.05, 4.69) is 34.3 Å². The van der Waals surface area contributed by atoms with Crippen molar-refractivity contribution >= 4 is 11.9 Å². The number of nitrogens with zero attached hydrogens (tertiary/aromatic N) is 5. The number of esters is 1. The highest BCUT2D eigenvalue weighted by Crippen LogP contribution is 2.40. The maximum Gasteiger partial charge on any atom is 0.314 e. The van der Waals surface area contributed by atoms with Crippen LogP contribution in [0.1, 0.15) is 32.8 Å². The summed E-state index contributed by atoms with van der Waals surface area (Å²) in [7, 11) is 0. The Morgan fingerprint density at radius 1 is 1.32 bits per heavy atom. The average Bonchev–Trinajstić information content (AvgIpc) is 3.23. The number of aryl methyl sites for hydroxylation is 1. The Morgan fingerprint density at radius 2 is 2.04 bits per heavy atom. The summed E-state index contributed by atoms with van der Waals surface area (Å²) in [6.45, 7) is 9.72. The number of anilines is 1. The zero-order valence-corrected chi connectivity index (χ0v) is 15.3. The first-order valence-electron chi connectivity index (χ1n) is 8.75. The van der Waals surface area contributed by atoms with Crippen molar-refractivity contribution in [2.75, 3.05) is 24.6 Å². The Labute approximate surface area is 148 Å². The molecule has 0 N–H and O–H groups in total. The number of benzene rings is 1. The van der Waals surface area contributed by atoms with Gasteiger partial charge in [-0.05, 0) is 48.7 Å². The Kier molecular flexibility index (Phi) is 4.74. The lowest BCUT2D eigenvalue weighted by Gasteiger charge is -2.30. The summed E-state index contributed by atoms with van der Waals surface area (Å²) in [5.74, 6) is 0.720. The molecule has 3 rings (SSSR count). The fourth-order valence-electron chi connectivity index (χ4n) is 3.38. The number of hydrogen-bond donors (Lipinski definition) is 0. The fraction of sp³-hybridized carbons (Fsp3) is 0.556. The molecule has 1 aromatic carbocycles. The number of tetrazole rings is 1. The van der Waals surface area contributed by atoms with E-state index in [-0.39, 0.29) is 11.9 Å². The third kappa shape index (κ3) is 3.10. The van der Waals surface area contributed by atoms with Gasteiger partial charge in [0, 0.05) is 13.1 Å². The predicted octanol–water partition coefficient (Wildman–Crippen LogP) is 2.39. The molecule has 1 unspecified atom stereocenters. The van der Waals surface area contributed by atoms with Crippen molar-refractivity contribution in [2.24, 2.45) is 11.3 Å². The summed E-state index contributed by atoms with van der Waals surface area (Å²) in [6, 6.07) is 8.04. The van der Waals surface area contributed by atoms with Crippen molar-refractivity contribution in [2.45, 2.75) is 34.1 Å². The standard InChI is InChI=1S/C18H25N5O2/c1-5-25-16(24)18(13(2)3)10-11-22(12-18)17-19-20-21-23(17)15-8-6-14(4)7-9-15/h6-9,13H,5,10-12H2,1-4H3. The maximum absolute atomic E-state index is 12.6. The van der Waals surface area contributed by atoms with Gasteiger partial charge in [0.05, 0.1) is 17.7 Å². The molecule has 7 heteroatoms. The first-order chi connectivity index (χ1) is 12.0. The number of carbonyl (C=O) groups excluding carboxylic acids is 1. The normalized spacial score (nSPS) is 20.3. The molecule has 1 fully saturated rings. The molecule has 0 amide bonds. The molecule has 134 valence electrons. The average molecular weight is 343 g/mol. The van der Waals surface area contributed by atoms with E-state index in [9.17, 15) is 4.79 Å². The minimum atomic E-state index is -0.514. The van der Waals surface area contributed by atoms with Gasteiger partial charge < -0.3 is 9.64 Å². The highest BCUT2D eigenvalue weighted by molar-refractivity contribution is 5.79. The van der Waals surface area contributed by atoms with Crippen LogP contribution in [0.2, 0.25) is 0 Å². The highest BCUT2D eigenvalue weighted by Gasteiger charge is 2.49. The molecule has 25 heavy (non-hydrogen) atoms. The Bertz CT molecular complexity index is 740. The van der Waals surface area contributed by atoms with E-state index in [4.69, 9.17) is 4.74 Å². The molecule has 0 bridgehead atoms. The summed E-state index contributed by atoms with van der Waals surface area (Å²) in [5.41, 5.74) is 1.57. The van der Waals surface area contributed by atoms with Crippen molar-refractivity contribution in [3.8, 4) is 5.69 Å². The van der Waals surface area contributed by atoms with Crippen molar-refractivity contribution in [3.63, 3.8) is 0 Å². The largest absolute Gasteiger partial charge is 0.466 e. The van der Waals surface area contributed by atoms with Crippen LogP contribution in [0.25, 0.3) is 5.69 Å². The molecule has 0 spiro atoms. The van der Waals surface area contributed by atoms with Crippen LogP contribution in [0, 0.1) is 18.3 Å². The van der Waals surface area contributed by atoms with Gasteiger partial charge in [-0.1, -0.05) is 36.6 Å². The highest BCUT2D eigenvalue weighted by atomic mass is 16.5. The molecule has 0 aliphatic carbocycles. The summed E-state index contributed by atoms with van der Waals surface area (Å²) in [4.78, 5) is 14.7. The number of rotatable bonds is 5. The molecule has 1 aliphatic rings. The quantitative estimate of drug-likeness (QED) is 0.776. The van der Waals surface area contributed by atoms with Crippen molar-refractivity contribution in [1.29, 1.82) is 0 Å². The molecule has 7 nitrogen and oxygen atoms in total. The van der Waals surface area contributed by atoms with Gasteiger partial charge >= 0.3 is 5.97 Å². The molecule has 1 atom stereocenters. The zero-order valence-electron chi connectivity index (χ0n) is 15.3. The Hall–Kier alpha value is -2.44. The van der Waals surface area contributed by atoms with Crippen LogP contribution in [-0.2, 0) is 9.53 Å². The van der Waals surface area contributed by atoms with E-state index in [1.54, 1.807) is 4.68 Å². The zero-order chi connectivity index (χ0) is 18.0. The summed E-state index contributed by atoms with van der Waals surface area (Å²) >= 11 is 0. The van der Waals surface area contributed by atoms with Gasteiger partial charge in [-0.15, -0.1) is 0 Å². The van der Waals surface area contributed by atoms with Gasteiger partial charge in [0.2, 0.25) is 5.95 Å². The van der Waals surface area contributed by atoms with E-state index >= 15 is 0 Å². The monoisotopic (exact) mass is 343 g/mol. The second-order valence-electron chi connectivity index (χ2n) is 6.93. The second kappa shape index (κ2) is 6.82. The van der Waals surface area contributed by atoms with E-state index in [1.165, 1.54) is 5.56 Å². The van der Waals surface area contributed by atoms with Gasteiger partial charge in [0.1, 0.15) is 0 Å². The first-order valence-corrected chi connectivity index (χ1v) is 8.75. The number of aromatic nitrogens is 4. The van der Waals surface area contributed by atoms with E-state index in [0.29, 0.717) is 19.1 Å². The third-order valence-corrected chi connectivity index (χ3v) is 5.10. The summed E-state index contributed by atoms with van der Waals surface area (Å²) in [5, 5.41) is 12.2. The lowest BCUT2D eigenvalue weighted by molar-refractivity contribution is -0.156. The Morgan fingerprint density at radius 3 is 2.68 bits per heavy atom. The number of hydrogen-bond acceptors (Lipinski definition) is 6. The SMILES string of the molecule is CCOC(=O)C1(C(C)C)CCN(c2nnnn2-c2ccc(C)cc2)C1. The lowest BCUT2D eigenvalue weighted by Crippen LogP contribution is -2.41. The maximum atomic E-state index is 12.6. The Balaban J connectivity index is 1.88. The smallest absolute Gasteiger partial charge is 0.314 e. The third-order valence-electron chi connectivity index (χ3n) is 5.10. The van der Waals surface area contributed by atoms with Crippen LogP contribution in [0.3, 0.4) is 0 Å². The minimum absolute atomic E-state index is 0.123. The summed E-state index contributed by atoms with van der Waals surface area (Å²) in [6.07, 6.45) is 0.740. The summed E-state index contributed by atoms with van der Waals surface area (Å²) < 4.78 is 7.08.